The zero-order chi connectivity index (χ0) is 93.5. The minimum atomic E-state index is -5.48. The molecule has 5 amide bonds. The van der Waals surface area contributed by atoms with Crippen LogP contribution in [0.2, 0.25) is 0 Å². The second kappa shape index (κ2) is 41.0. The molecule has 680 valence electrons. The molecule has 0 unspecified atom stereocenters. The number of halogens is 6. The maximum absolute atomic E-state index is 13.2. The molecule has 0 bridgehead atoms. The van der Waals surface area contributed by atoms with Crippen molar-refractivity contribution in [3.63, 3.8) is 0 Å². The third-order valence-electron chi connectivity index (χ3n) is 23.6. The van der Waals surface area contributed by atoms with E-state index in [1.165, 1.54) is 88.9 Å². The van der Waals surface area contributed by atoms with Crippen LogP contribution in [0.4, 0.5) is 71.8 Å². The van der Waals surface area contributed by atoms with E-state index < -0.39 is 23.3 Å². The number of aryl methyl sites for hydroxylation is 3. The normalized spacial score (nSPS) is 12.7. The van der Waals surface area contributed by atoms with Gasteiger partial charge < -0.3 is 50.4 Å². The van der Waals surface area contributed by atoms with Crippen LogP contribution in [0.1, 0.15) is 104 Å². The Labute approximate surface area is 765 Å². The summed E-state index contributed by atoms with van der Waals surface area (Å²) in [5.74, 6) is -0.368. The number of amides is 5. The van der Waals surface area contributed by atoms with Gasteiger partial charge >= 0.3 is 12.4 Å². The van der Waals surface area contributed by atoms with Crippen molar-refractivity contribution in [2.75, 3.05) is 60.9 Å². The number of hydrogen-bond acceptors (Lipinski definition) is 12. The number of rotatable bonds is 20. The lowest BCUT2D eigenvalue weighted by atomic mass is 9.80. The van der Waals surface area contributed by atoms with E-state index in [9.17, 15) is 50.3 Å². The van der Waals surface area contributed by atoms with Gasteiger partial charge in [-0.2, -0.15) is 46.7 Å². The predicted octanol–water partition coefficient (Wildman–Crippen LogP) is 21.7. The number of aromatic amines is 3. The number of fused-ring (bicyclic) bond motifs is 5. The van der Waals surface area contributed by atoms with E-state index in [1.807, 2.05) is 83.2 Å². The van der Waals surface area contributed by atoms with Crippen LogP contribution in [0, 0.1) is 0 Å². The fraction of sp³-hybridized carbons (Fsp3) is 0.221. The van der Waals surface area contributed by atoms with Gasteiger partial charge in [0.1, 0.15) is 0 Å². The Balaban J connectivity index is 0.000000127. The highest BCUT2D eigenvalue weighted by Crippen LogP contribution is 2.52. The molecular weight excluding hydrogens is 1700 g/mol. The van der Waals surface area contributed by atoms with Gasteiger partial charge in [0.25, 0.3) is 0 Å². The molecule has 0 aliphatic carbocycles. The SMILES string of the molecule is CC(=O)Nc1ccc2c(c1)CCCN2Cc1ccc(-c2ccn(C)n2)cc1.CC(=O)Nc1ccc2c(c1)CCCN2Cc1ccc(-c2ccn[nH]2)cc1.CC(=O)Nc1ccc2c(c1)CCN2Cc1ccc(-c2ccn[nH]2)cc1.CC(=O)Nc1ccc2c(ccn2Cc2ccc(-c3ccn[nH]3)cc2)c1.CC(=O)Nc1ccc2c(ccn2Cc2ccc(C(C)(C(F)(F)F)C(F)(F)F)cc2)c1. The fourth-order valence-corrected chi connectivity index (χ4v) is 16.8. The highest BCUT2D eigenvalue weighted by Gasteiger charge is 2.68. The molecule has 19 rings (SSSR count). The number of benzene rings is 10. The molecule has 8 N–H and O–H groups in total. The highest BCUT2D eigenvalue weighted by atomic mass is 19.4. The quantitative estimate of drug-likeness (QED) is 0.0331. The van der Waals surface area contributed by atoms with Crippen LogP contribution in [0.25, 0.3) is 66.8 Å². The van der Waals surface area contributed by atoms with E-state index in [1.54, 1.807) is 62.9 Å². The van der Waals surface area contributed by atoms with Gasteiger partial charge in [-0.25, -0.2) is 0 Å². The van der Waals surface area contributed by atoms with E-state index in [2.05, 4.69) is 227 Å². The zero-order valence-corrected chi connectivity index (χ0v) is 74.6. The molecule has 16 aromatic rings. The van der Waals surface area contributed by atoms with Gasteiger partial charge in [0.15, 0.2) is 5.41 Å². The second-order valence-corrected chi connectivity index (χ2v) is 33.5. The van der Waals surface area contributed by atoms with E-state index in [-0.39, 0.29) is 43.0 Å². The van der Waals surface area contributed by atoms with Crippen molar-refractivity contribution < 1.29 is 50.3 Å². The van der Waals surface area contributed by atoms with Gasteiger partial charge in [0.2, 0.25) is 29.5 Å². The van der Waals surface area contributed by atoms with Crippen molar-refractivity contribution in [2.45, 2.75) is 124 Å². The summed E-state index contributed by atoms with van der Waals surface area (Å²) in [5, 5.41) is 41.4. The monoisotopic (exact) mass is 1800 g/mol. The van der Waals surface area contributed by atoms with Crippen molar-refractivity contribution in [2.24, 2.45) is 7.05 Å². The molecule has 9 heterocycles. The van der Waals surface area contributed by atoms with Crippen molar-refractivity contribution >= 4 is 96.8 Å². The molecule has 29 heteroatoms. The molecule has 10 aromatic carbocycles. The topological polar surface area (TPSA) is 269 Å². The first kappa shape index (κ1) is 92.2. The lowest BCUT2D eigenvalue weighted by Crippen LogP contribution is -2.51. The summed E-state index contributed by atoms with van der Waals surface area (Å²) in [5.41, 5.74) is 23.2. The van der Waals surface area contributed by atoms with Crippen LogP contribution >= 0.6 is 0 Å². The number of H-pyrrole nitrogens is 3. The van der Waals surface area contributed by atoms with Crippen LogP contribution in [0.5, 0.6) is 0 Å². The third kappa shape index (κ3) is 23.2. The van der Waals surface area contributed by atoms with Crippen LogP contribution < -0.4 is 41.3 Å². The van der Waals surface area contributed by atoms with Crippen LogP contribution in [-0.2, 0) is 88.4 Å². The van der Waals surface area contributed by atoms with Gasteiger partial charge in [-0.05, 0) is 233 Å². The molecule has 23 nitrogen and oxygen atoms in total. The molecule has 3 aliphatic heterocycles. The number of hydrogen-bond donors (Lipinski definition) is 8. The minimum absolute atomic E-state index is 0.0318. The molecule has 0 radical (unpaired) electrons. The number of alkyl halides is 6. The Bertz CT molecular complexity index is 6690. The largest absolute Gasteiger partial charge is 0.406 e. The Hall–Kier alpha value is -15.6. The molecule has 3 aliphatic rings. The summed E-state index contributed by atoms with van der Waals surface area (Å²) in [6.07, 6.45) is 5.49. The number of nitrogens with zero attached hydrogens (tertiary/aromatic N) is 10. The van der Waals surface area contributed by atoms with E-state index >= 15 is 0 Å². The molecule has 0 spiro atoms. The Kier molecular flexibility index (Phi) is 28.4. The average molecular weight is 1800 g/mol. The first-order valence-corrected chi connectivity index (χ1v) is 43.8. The maximum Gasteiger partial charge on any atom is 0.406 e. The number of carbonyl (C=O) groups excluding carboxylic acids is 5. The van der Waals surface area contributed by atoms with Gasteiger partial charge in [0.05, 0.1) is 22.8 Å². The molecule has 6 aromatic heterocycles. The third-order valence-corrected chi connectivity index (χ3v) is 23.6. The van der Waals surface area contributed by atoms with Crippen LogP contribution in [-0.4, -0.2) is 111 Å². The molecule has 0 saturated carbocycles. The van der Waals surface area contributed by atoms with Gasteiger partial charge in [-0.1, -0.05) is 121 Å². The number of anilines is 8. The van der Waals surface area contributed by atoms with Gasteiger partial charge in [-0.3, -0.25) is 44.0 Å². The summed E-state index contributed by atoms with van der Waals surface area (Å²) in [6.45, 7) is 14.5. The molecule has 0 fully saturated rings. The minimum Gasteiger partial charge on any atom is -0.367 e. The zero-order valence-electron chi connectivity index (χ0n) is 74.6. The number of aromatic nitrogens is 10. The van der Waals surface area contributed by atoms with E-state index in [0.717, 1.165) is 180 Å². The maximum atomic E-state index is 13.2. The molecule has 0 atom stereocenters. The number of carbonyl (C=O) groups is 5. The standard InChI is InChI=1S/C22H24N4O.C21H18F6N2O.C21H22N4O.C20H20N4O.C20H18N4O/c1-16(27)23-20-9-10-22-19(14-20)4-3-12-26(22)15-17-5-7-18(8-6-17)21-11-13-25(2)24-21;1-13(30)28-17-7-8-18-15(11-17)9-10-29(18)12-14-3-5-16(6-4-14)19(2,20(22,23)24)21(25,26)27;1-15(26)23-19-8-9-21-18(13-19)3-2-12-25(21)14-16-4-6-17(7-5-16)20-10-11-22-24-20;2*1-14(25)22-18-6-7-20-17(12-18)9-11-24(20)13-15-2-4-16(5-3-15)19-8-10-21-23-19/h5-11,13-14H,3-4,12,15H2,1-2H3,(H,23,27);3-11H,12H2,1-2H3,(H,28,30);4-11,13H,2-3,12,14H2,1H3,(H,22,24)(H,23,26);2-8,10,12H,9,11,13H2,1H3,(H,21,23)(H,22,25);2-12H,13H2,1H3,(H,21,23)(H,22,25). The van der Waals surface area contributed by atoms with Crippen molar-refractivity contribution in [1.82, 2.24) is 49.5 Å². The summed E-state index contributed by atoms with van der Waals surface area (Å²) in [7, 11) is 1.93. The lowest BCUT2D eigenvalue weighted by Gasteiger charge is -2.34. The average Bonchev–Trinajstić information content (AvgIpc) is 1.67. The van der Waals surface area contributed by atoms with Crippen molar-refractivity contribution in [3.05, 3.63) is 336 Å². The Morgan fingerprint density at radius 3 is 0.985 bits per heavy atom. The van der Waals surface area contributed by atoms with E-state index in [0.29, 0.717) is 11.3 Å². The predicted molar refractivity (Wildman–Crippen MR) is 513 cm³/mol. The Morgan fingerprint density at radius 2 is 0.662 bits per heavy atom. The molecular formula is C104H102F6N18O5. The molecule has 0 saturated heterocycles. The second-order valence-electron chi connectivity index (χ2n) is 33.5. The summed E-state index contributed by atoms with van der Waals surface area (Å²) in [6, 6.07) is 80.2. The highest BCUT2D eigenvalue weighted by molar-refractivity contribution is 5.95. The van der Waals surface area contributed by atoms with Crippen molar-refractivity contribution in [1.29, 1.82) is 0 Å². The Morgan fingerprint density at radius 1 is 0.346 bits per heavy atom. The van der Waals surface area contributed by atoms with Gasteiger partial charge in [-0.15, -0.1) is 0 Å². The number of nitrogens with one attached hydrogen (secondary N) is 8. The summed E-state index contributed by atoms with van der Waals surface area (Å²) in [4.78, 5) is 63.3. The summed E-state index contributed by atoms with van der Waals surface area (Å²) < 4.78 is 85.2. The summed E-state index contributed by atoms with van der Waals surface area (Å²) >= 11 is 0. The van der Waals surface area contributed by atoms with Crippen molar-refractivity contribution in [3.8, 4) is 45.0 Å². The fourth-order valence-electron chi connectivity index (χ4n) is 16.8. The first-order chi connectivity index (χ1) is 64.0. The smallest absolute Gasteiger partial charge is 0.367 e. The molecule has 133 heavy (non-hydrogen) atoms. The first-order valence-electron chi connectivity index (χ1n) is 43.8. The lowest BCUT2D eigenvalue weighted by molar-refractivity contribution is -0.297. The van der Waals surface area contributed by atoms with Crippen LogP contribution in [0.15, 0.2) is 286 Å². The van der Waals surface area contributed by atoms with Gasteiger partial charge in [0, 0.05) is 204 Å². The van der Waals surface area contributed by atoms with E-state index in [4.69, 9.17) is 0 Å². The van der Waals surface area contributed by atoms with Crippen LogP contribution in [0.3, 0.4) is 0 Å².